The van der Waals surface area contributed by atoms with E-state index in [1.165, 1.54) is 0 Å². The van der Waals surface area contributed by atoms with Crippen LogP contribution in [0.15, 0.2) is 48.5 Å². The second-order valence-corrected chi connectivity index (χ2v) is 4.71. The lowest BCUT2D eigenvalue weighted by Crippen LogP contribution is -2.25. The van der Waals surface area contributed by atoms with Crippen molar-refractivity contribution in [2.24, 2.45) is 0 Å². The van der Waals surface area contributed by atoms with E-state index in [1.807, 2.05) is 42.5 Å². The van der Waals surface area contributed by atoms with Gasteiger partial charge in [-0.25, -0.2) is 0 Å². The van der Waals surface area contributed by atoms with Crippen LogP contribution in [0, 0.1) is 0 Å². The van der Waals surface area contributed by atoms with Gasteiger partial charge in [-0.2, -0.15) is 0 Å². The van der Waals surface area contributed by atoms with E-state index in [-0.39, 0.29) is 6.54 Å². The van der Waals surface area contributed by atoms with Crippen molar-refractivity contribution >= 4 is 23.3 Å². The maximum absolute atomic E-state index is 10.8. The summed E-state index contributed by atoms with van der Waals surface area (Å²) in [6.07, 6.45) is 0. The first kappa shape index (κ1) is 13.4. The zero-order valence-corrected chi connectivity index (χ0v) is 11.3. The van der Waals surface area contributed by atoms with Crippen LogP contribution >= 0.6 is 11.6 Å². The molecule has 0 saturated heterocycles. The molecule has 0 saturated carbocycles. The van der Waals surface area contributed by atoms with Gasteiger partial charge in [-0.15, -0.1) is 0 Å². The first-order valence-corrected chi connectivity index (χ1v) is 6.23. The molecule has 0 aliphatic rings. The molecule has 2 aromatic rings. The molecular formula is C15H14ClNO2. The van der Waals surface area contributed by atoms with Crippen molar-refractivity contribution < 1.29 is 9.90 Å². The lowest BCUT2D eigenvalue weighted by atomic mass is 10.0. The van der Waals surface area contributed by atoms with Crippen LogP contribution in [0.4, 0.5) is 5.69 Å². The summed E-state index contributed by atoms with van der Waals surface area (Å²) in [4.78, 5) is 12.5. The number of aliphatic carboxylic acids is 1. The third-order valence-electron chi connectivity index (χ3n) is 2.83. The van der Waals surface area contributed by atoms with Gasteiger partial charge in [0.15, 0.2) is 0 Å². The summed E-state index contributed by atoms with van der Waals surface area (Å²) in [6.45, 7) is -0.0541. The second kappa shape index (κ2) is 5.76. The molecule has 19 heavy (non-hydrogen) atoms. The second-order valence-electron chi connectivity index (χ2n) is 4.28. The third-order valence-corrected chi connectivity index (χ3v) is 3.06. The van der Waals surface area contributed by atoms with Gasteiger partial charge in [0.1, 0.15) is 6.54 Å². The number of rotatable bonds is 4. The molecule has 3 nitrogen and oxygen atoms in total. The van der Waals surface area contributed by atoms with Crippen LogP contribution in [-0.4, -0.2) is 24.7 Å². The first-order valence-electron chi connectivity index (χ1n) is 5.86. The van der Waals surface area contributed by atoms with Crippen molar-refractivity contribution in [2.75, 3.05) is 18.5 Å². The molecule has 0 heterocycles. The van der Waals surface area contributed by atoms with Crippen molar-refractivity contribution in [1.82, 2.24) is 0 Å². The van der Waals surface area contributed by atoms with Gasteiger partial charge in [0.2, 0.25) is 0 Å². The minimum Gasteiger partial charge on any atom is -0.480 e. The van der Waals surface area contributed by atoms with Crippen LogP contribution < -0.4 is 4.90 Å². The van der Waals surface area contributed by atoms with Gasteiger partial charge in [-0.1, -0.05) is 41.9 Å². The molecule has 0 aromatic heterocycles. The molecule has 0 radical (unpaired) electrons. The largest absolute Gasteiger partial charge is 0.480 e. The number of likely N-dealkylation sites (N-methyl/N-ethyl adjacent to an activating group) is 1. The van der Waals surface area contributed by atoms with E-state index in [0.717, 1.165) is 16.8 Å². The van der Waals surface area contributed by atoms with Gasteiger partial charge >= 0.3 is 5.97 Å². The Kier molecular flexibility index (Phi) is 4.07. The van der Waals surface area contributed by atoms with Gasteiger partial charge < -0.3 is 10.0 Å². The predicted octanol–water partition coefficient (Wildman–Crippen LogP) is 3.53. The van der Waals surface area contributed by atoms with Crippen molar-refractivity contribution in [3.63, 3.8) is 0 Å². The summed E-state index contributed by atoms with van der Waals surface area (Å²) >= 11 is 6.04. The van der Waals surface area contributed by atoms with E-state index in [9.17, 15) is 4.79 Å². The van der Waals surface area contributed by atoms with Crippen molar-refractivity contribution in [1.29, 1.82) is 0 Å². The van der Waals surface area contributed by atoms with Gasteiger partial charge in [0.05, 0.1) is 0 Å². The fourth-order valence-corrected chi connectivity index (χ4v) is 2.15. The predicted molar refractivity (Wildman–Crippen MR) is 77.8 cm³/mol. The Labute approximate surface area is 117 Å². The average Bonchev–Trinajstić information content (AvgIpc) is 2.38. The molecule has 0 fully saturated rings. The van der Waals surface area contributed by atoms with Crippen LogP contribution in [0.1, 0.15) is 0 Å². The highest BCUT2D eigenvalue weighted by Gasteiger charge is 2.12. The fourth-order valence-electron chi connectivity index (χ4n) is 1.98. The van der Waals surface area contributed by atoms with Crippen molar-refractivity contribution in [2.45, 2.75) is 0 Å². The van der Waals surface area contributed by atoms with Gasteiger partial charge in [0.25, 0.3) is 0 Å². The minimum atomic E-state index is -0.864. The Hall–Kier alpha value is -2.00. The lowest BCUT2D eigenvalue weighted by molar-refractivity contribution is -0.135. The molecule has 0 atom stereocenters. The Morgan fingerprint density at radius 2 is 1.89 bits per heavy atom. The monoisotopic (exact) mass is 275 g/mol. The molecule has 2 rings (SSSR count). The average molecular weight is 276 g/mol. The summed E-state index contributed by atoms with van der Waals surface area (Å²) < 4.78 is 0. The first-order chi connectivity index (χ1) is 9.08. The van der Waals surface area contributed by atoms with Crippen molar-refractivity contribution in [3.05, 3.63) is 53.6 Å². The number of benzene rings is 2. The number of hydrogen-bond donors (Lipinski definition) is 1. The molecule has 0 aliphatic heterocycles. The summed E-state index contributed by atoms with van der Waals surface area (Å²) in [6, 6.07) is 15.2. The van der Waals surface area contributed by atoms with E-state index in [1.54, 1.807) is 18.0 Å². The van der Waals surface area contributed by atoms with Crippen LogP contribution in [0.5, 0.6) is 0 Å². The zero-order chi connectivity index (χ0) is 13.8. The number of carboxylic acids is 1. The highest BCUT2D eigenvalue weighted by molar-refractivity contribution is 6.31. The molecule has 0 amide bonds. The molecule has 0 spiro atoms. The van der Waals surface area contributed by atoms with Gasteiger partial charge in [-0.05, 0) is 23.8 Å². The normalized spacial score (nSPS) is 10.2. The van der Waals surface area contributed by atoms with Crippen molar-refractivity contribution in [3.8, 4) is 11.1 Å². The quantitative estimate of drug-likeness (QED) is 0.928. The van der Waals surface area contributed by atoms with E-state index in [2.05, 4.69) is 0 Å². The lowest BCUT2D eigenvalue weighted by Gasteiger charge is -2.21. The van der Waals surface area contributed by atoms with Crippen LogP contribution in [0.25, 0.3) is 11.1 Å². The Morgan fingerprint density at radius 1 is 1.21 bits per heavy atom. The highest BCUT2D eigenvalue weighted by Crippen LogP contribution is 2.32. The number of carboxylic acid groups (broad SMARTS) is 1. The minimum absolute atomic E-state index is 0.0541. The molecule has 0 aliphatic carbocycles. The highest BCUT2D eigenvalue weighted by atomic mass is 35.5. The van der Waals surface area contributed by atoms with E-state index < -0.39 is 5.97 Å². The fraction of sp³-hybridized carbons (Fsp3) is 0.133. The smallest absolute Gasteiger partial charge is 0.323 e. The molecule has 0 bridgehead atoms. The van der Waals surface area contributed by atoms with Crippen LogP contribution in [0.2, 0.25) is 5.02 Å². The van der Waals surface area contributed by atoms with Crippen LogP contribution in [0.3, 0.4) is 0 Å². The van der Waals surface area contributed by atoms with E-state index in [4.69, 9.17) is 16.7 Å². The molecule has 1 N–H and O–H groups in total. The topological polar surface area (TPSA) is 40.5 Å². The molecule has 0 unspecified atom stereocenters. The van der Waals surface area contributed by atoms with Gasteiger partial charge in [-0.3, -0.25) is 4.79 Å². The SMILES string of the molecule is CN(CC(=O)O)c1ccc(Cl)cc1-c1ccccc1. The number of nitrogens with zero attached hydrogens (tertiary/aromatic N) is 1. The Morgan fingerprint density at radius 3 is 2.53 bits per heavy atom. The molecule has 4 heteroatoms. The summed E-state index contributed by atoms with van der Waals surface area (Å²) in [5.41, 5.74) is 2.78. The van der Waals surface area contributed by atoms with Crippen LogP contribution in [-0.2, 0) is 4.79 Å². The zero-order valence-electron chi connectivity index (χ0n) is 10.5. The maximum Gasteiger partial charge on any atom is 0.323 e. The third kappa shape index (κ3) is 3.26. The molecule has 2 aromatic carbocycles. The van der Waals surface area contributed by atoms with E-state index >= 15 is 0 Å². The summed E-state index contributed by atoms with van der Waals surface area (Å²) in [7, 11) is 1.75. The summed E-state index contributed by atoms with van der Waals surface area (Å²) in [5.74, 6) is -0.864. The Balaban J connectivity index is 2.47. The molecular weight excluding hydrogens is 262 g/mol. The summed E-state index contributed by atoms with van der Waals surface area (Å²) in [5, 5.41) is 9.52. The van der Waals surface area contributed by atoms with E-state index in [0.29, 0.717) is 5.02 Å². The number of hydrogen-bond acceptors (Lipinski definition) is 2. The number of anilines is 1. The number of carbonyl (C=O) groups is 1. The maximum atomic E-state index is 10.8. The Bertz CT molecular complexity index is 584. The molecule has 98 valence electrons. The standard InChI is InChI=1S/C15H14ClNO2/c1-17(10-15(18)19)14-8-7-12(16)9-13(14)11-5-3-2-4-6-11/h2-9H,10H2,1H3,(H,18,19). The number of halogens is 1. The van der Waals surface area contributed by atoms with Gasteiger partial charge in [0, 0.05) is 23.3 Å².